The number of nitrogens with zero attached hydrogens (tertiary/aromatic N) is 4. The van der Waals surface area contributed by atoms with E-state index in [2.05, 4.69) is 31.6 Å². The fourth-order valence-electron chi connectivity index (χ4n) is 3.80. The number of aryl methyl sites for hydroxylation is 1. The highest BCUT2D eigenvalue weighted by molar-refractivity contribution is 7.16. The first-order valence-electron chi connectivity index (χ1n) is 8.50. The van der Waals surface area contributed by atoms with E-state index in [9.17, 15) is 5.26 Å². The molecule has 5 rings (SSSR count). The lowest BCUT2D eigenvalue weighted by Gasteiger charge is -2.40. The van der Waals surface area contributed by atoms with Crippen molar-refractivity contribution in [2.45, 2.75) is 24.9 Å². The zero-order valence-corrected chi connectivity index (χ0v) is 14.8. The fraction of sp³-hybridized carbons (Fsp3) is 0.333. The Morgan fingerprint density at radius 3 is 2.96 bits per heavy atom. The first-order valence-corrected chi connectivity index (χ1v) is 9.32. The molecule has 26 heavy (non-hydrogen) atoms. The van der Waals surface area contributed by atoms with E-state index in [1.807, 2.05) is 12.1 Å². The zero-order chi connectivity index (χ0) is 17.6. The number of thiophene rings is 1. The van der Waals surface area contributed by atoms with Gasteiger partial charge in [-0.25, -0.2) is 4.98 Å². The molecule has 3 aromatic heterocycles. The Balaban J connectivity index is 1.48. The van der Waals surface area contributed by atoms with Gasteiger partial charge in [0, 0.05) is 35.8 Å². The van der Waals surface area contributed by atoms with E-state index < -0.39 is 0 Å². The van der Waals surface area contributed by atoms with Crippen molar-refractivity contribution < 1.29 is 4.74 Å². The van der Waals surface area contributed by atoms with Crippen LogP contribution in [0.4, 0.5) is 0 Å². The Hall–Kier alpha value is -2.76. The molecule has 0 bridgehead atoms. The number of aromatic amines is 1. The van der Waals surface area contributed by atoms with Gasteiger partial charge in [0.2, 0.25) is 0 Å². The highest BCUT2D eigenvalue weighted by atomic mass is 32.1. The molecule has 4 heterocycles. The predicted molar refractivity (Wildman–Crippen MR) is 95.8 cm³/mol. The van der Waals surface area contributed by atoms with Gasteiger partial charge in [0.15, 0.2) is 0 Å². The van der Waals surface area contributed by atoms with Crippen molar-refractivity contribution in [3.05, 3.63) is 46.2 Å². The average Bonchev–Trinajstić information content (AvgIpc) is 3.34. The Labute approximate surface area is 154 Å². The number of fused-ring (bicyclic) bond motifs is 2. The van der Waals surface area contributed by atoms with Crippen LogP contribution in [0.1, 0.15) is 28.1 Å². The van der Waals surface area contributed by atoms with Gasteiger partial charge in [-0.3, -0.25) is 5.10 Å². The second-order valence-corrected chi connectivity index (χ2v) is 7.80. The van der Waals surface area contributed by atoms with E-state index in [-0.39, 0.29) is 5.41 Å². The van der Waals surface area contributed by atoms with Crippen LogP contribution in [0.2, 0.25) is 0 Å². The number of H-pyrrole nitrogens is 1. The molecule has 8 heteroatoms. The molecule has 0 saturated carbocycles. The molecule has 2 N–H and O–H groups in total. The van der Waals surface area contributed by atoms with E-state index in [0.717, 1.165) is 47.8 Å². The van der Waals surface area contributed by atoms with Gasteiger partial charge in [-0.05, 0) is 30.5 Å². The summed E-state index contributed by atoms with van der Waals surface area (Å²) in [5, 5.41) is 19.9. The molecule has 0 amide bonds. The summed E-state index contributed by atoms with van der Waals surface area (Å²) in [6.45, 7) is 2.25. The molecule has 3 aromatic rings. The lowest BCUT2D eigenvalue weighted by Crippen LogP contribution is -2.55. The van der Waals surface area contributed by atoms with Crippen molar-refractivity contribution in [3.63, 3.8) is 0 Å². The molecule has 2 aliphatic rings. The number of ether oxygens (including phenoxy) is 1. The van der Waals surface area contributed by atoms with E-state index in [1.54, 1.807) is 23.7 Å². The largest absolute Gasteiger partial charge is 0.457 e. The summed E-state index contributed by atoms with van der Waals surface area (Å²) in [7, 11) is 0. The van der Waals surface area contributed by atoms with Crippen LogP contribution in [0, 0.1) is 11.3 Å². The topological polar surface area (TPSA) is 99.5 Å². The lowest BCUT2D eigenvalue weighted by atomic mass is 9.75. The van der Waals surface area contributed by atoms with Crippen molar-refractivity contribution in [2.24, 2.45) is 0 Å². The predicted octanol–water partition coefficient (Wildman–Crippen LogP) is 2.17. The Morgan fingerprint density at radius 1 is 1.31 bits per heavy atom. The van der Waals surface area contributed by atoms with Crippen LogP contribution in [0.5, 0.6) is 6.01 Å². The SMILES string of the molecule is N#Cc1c(-c2ccnc(OCc3ccn[nH]3)n2)sc2c1C1(CC2)CNC1. The van der Waals surface area contributed by atoms with Crippen molar-refractivity contribution >= 4 is 11.3 Å². The summed E-state index contributed by atoms with van der Waals surface area (Å²) in [6, 6.07) is 6.43. The van der Waals surface area contributed by atoms with Crippen LogP contribution in [0.3, 0.4) is 0 Å². The molecule has 130 valence electrons. The molecule has 0 radical (unpaired) electrons. The molecule has 0 aromatic carbocycles. The normalized spacial score (nSPS) is 16.9. The van der Waals surface area contributed by atoms with Crippen LogP contribution in [0.15, 0.2) is 24.5 Å². The first kappa shape index (κ1) is 15.5. The molecule has 1 fully saturated rings. The summed E-state index contributed by atoms with van der Waals surface area (Å²) >= 11 is 1.69. The highest BCUT2D eigenvalue weighted by Crippen LogP contribution is 2.50. The number of nitriles is 1. The Morgan fingerprint density at radius 2 is 2.23 bits per heavy atom. The minimum atomic E-state index is 0.155. The maximum Gasteiger partial charge on any atom is 0.317 e. The van der Waals surface area contributed by atoms with Gasteiger partial charge in [0.25, 0.3) is 0 Å². The summed E-state index contributed by atoms with van der Waals surface area (Å²) in [5.41, 5.74) is 3.78. The van der Waals surface area contributed by atoms with Crippen LogP contribution >= 0.6 is 11.3 Å². The Bertz CT molecular complexity index is 999. The van der Waals surface area contributed by atoms with Gasteiger partial charge in [0.1, 0.15) is 12.7 Å². The van der Waals surface area contributed by atoms with Gasteiger partial charge in [-0.15, -0.1) is 11.3 Å². The average molecular weight is 364 g/mol. The second-order valence-electron chi connectivity index (χ2n) is 6.70. The third-order valence-electron chi connectivity index (χ3n) is 5.16. The smallest absolute Gasteiger partial charge is 0.317 e. The van der Waals surface area contributed by atoms with Gasteiger partial charge < -0.3 is 10.1 Å². The number of nitrogens with one attached hydrogen (secondary N) is 2. The fourth-order valence-corrected chi connectivity index (χ4v) is 5.14. The molecule has 7 nitrogen and oxygen atoms in total. The summed E-state index contributed by atoms with van der Waals surface area (Å²) in [4.78, 5) is 11.0. The molecular weight excluding hydrogens is 348 g/mol. The quantitative estimate of drug-likeness (QED) is 0.736. The van der Waals surface area contributed by atoms with Crippen LogP contribution in [-0.4, -0.2) is 33.3 Å². The third kappa shape index (κ3) is 2.32. The Kier molecular flexibility index (Phi) is 3.51. The van der Waals surface area contributed by atoms with E-state index in [1.165, 1.54) is 10.4 Å². The van der Waals surface area contributed by atoms with Crippen molar-refractivity contribution in [1.82, 2.24) is 25.5 Å². The molecule has 0 unspecified atom stereocenters. The van der Waals surface area contributed by atoms with Gasteiger partial charge in [0.05, 0.1) is 21.8 Å². The molecule has 1 saturated heterocycles. The summed E-state index contributed by atoms with van der Waals surface area (Å²) < 4.78 is 5.65. The molecular formula is C18H16N6OS. The van der Waals surface area contributed by atoms with Gasteiger partial charge in [-0.1, -0.05) is 0 Å². The molecule has 1 aliphatic carbocycles. The van der Waals surface area contributed by atoms with Crippen molar-refractivity contribution in [2.75, 3.05) is 13.1 Å². The van der Waals surface area contributed by atoms with Crippen molar-refractivity contribution in [3.8, 4) is 22.7 Å². The zero-order valence-electron chi connectivity index (χ0n) is 14.0. The number of hydrogen-bond donors (Lipinski definition) is 2. The van der Waals surface area contributed by atoms with Crippen LogP contribution in [0.25, 0.3) is 10.6 Å². The van der Waals surface area contributed by atoms with Crippen LogP contribution in [-0.2, 0) is 18.4 Å². The van der Waals surface area contributed by atoms with E-state index in [4.69, 9.17) is 4.74 Å². The van der Waals surface area contributed by atoms with E-state index >= 15 is 0 Å². The molecule has 1 aliphatic heterocycles. The lowest BCUT2D eigenvalue weighted by molar-refractivity contribution is 0.276. The first-order chi connectivity index (χ1) is 12.8. The maximum atomic E-state index is 9.83. The number of rotatable bonds is 4. The second kappa shape index (κ2) is 5.90. The maximum absolute atomic E-state index is 9.83. The summed E-state index contributed by atoms with van der Waals surface area (Å²) in [6.07, 6.45) is 5.54. The molecule has 0 atom stereocenters. The van der Waals surface area contributed by atoms with Crippen molar-refractivity contribution in [1.29, 1.82) is 5.26 Å². The van der Waals surface area contributed by atoms with E-state index in [0.29, 0.717) is 12.6 Å². The molecule has 1 spiro atoms. The number of aromatic nitrogens is 4. The minimum absolute atomic E-state index is 0.155. The third-order valence-corrected chi connectivity index (χ3v) is 6.43. The summed E-state index contributed by atoms with van der Waals surface area (Å²) in [5.74, 6) is 0. The van der Waals surface area contributed by atoms with Gasteiger partial charge in [-0.2, -0.15) is 15.3 Å². The number of hydrogen-bond acceptors (Lipinski definition) is 7. The highest BCUT2D eigenvalue weighted by Gasteiger charge is 2.47. The standard InChI is InChI=1S/C18H16N6OS/c19-7-12-15-14(1-4-18(15)9-20-10-18)26-16(12)13-3-5-21-17(23-13)25-8-11-2-6-22-24-11/h2-3,5-6,20H,1,4,8-10H2,(H,22,24). The monoisotopic (exact) mass is 364 g/mol. The van der Waals surface area contributed by atoms with Gasteiger partial charge >= 0.3 is 6.01 Å². The minimum Gasteiger partial charge on any atom is -0.457 e. The van der Waals surface area contributed by atoms with Crippen LogP contribution < -0.4 is 10.1 Å².